The van der Waals surface area contributed by atoms with E-state index < -0.39 is 0 Å². The van der Waals surface area contributed by atoms with E-state index >= 15 is 0 Å². The van der Waals surface area contributed by atoms with Gasteiger partial charge < -0.3 is 0 Å². The highest BCUT2D eigenvalue weighted by atomic mass is 16.3. The van der Waals surface area contributed by atoms with E-state index in [0.29, 0.717) is 0 Å². The van der Waals surface area contributed by atoms with Crippen molar-refractivity contribution in [2.45, 2.75) is 50.7 Å². The lowest BCUT2D eigenvalue weighted by atomic mass is 9.74. The third-order valence-corrected chi connectivity index (χ3v) is 4.46. The first kappa shape index (κ1) is 9.17. The van der Waals surface area contributed by atoms with Crippen molar-refractivity contribution < 1.29 is 5.11 Å². The van der Waals surface area contributed by atoms with Crippen molar-refractivity contribution in [3.63, 3.8) is 0 Å². The molecule has 0 aromatic carbocycles. The molecule has 0 bridgehead atoms. The largest absolute Gasteiger partial charge is 0.300 e. The van der Waals surface area contributed by atoms with Crippen LogP contribution in [-0.2, 0) is 5.11 Å². The summed E-state index contributed by atoms with van der Waals surface area (Å²) in [5.74, 6) is 2.08. The van der Waals surface area contributed by atoms with Crippen LogP contribution in [0.2, 0.25) is 0 Å². The number of nitrogens with zero attached hydrogens (tertiary/aromatic N) is 1. The van der Waals surface area contributed by atoms with E-state index in [1.54, 1.807) is 0 Å². The third-order valence-electron chi connectivity index (χ3n) is 4.46. The van der Waals surface area contributed by atoms with Crippen LogP contribution < -0.4 is 0 Å². The number of likely N-dealkylation sites (tertiary alicyclic amines) is 1. The summed E-state index contributed by atoms with van der Waals surface area (Å²) in [6.07, 6.45) is 7.38. The Balaban J connectivity index is 1.54. The molecule has 3 rings (SSSR count). The van der Waals surface area contributed by atoms with Gasteiger partial charge >= 0.3 is 0 Å². The van der Waals surface area contributed by atoms with Gasteiger partial charge in [0.2, 0.25) is 0 Å². The van der Waals surface area contributed by atoms with Crippen molar-refractivity contribution in [3.05, 3.63) is 0 Å². The van der Waals surface area contributed by atoms with Crippen LogP contribution in [0.25, 0.3) is 0 Å². The van der Waals surface area contributed by atoms with E-state index in [0.717, 1.165) is 43.8 Å². The molecule has 14 heavy (non-hydrogen) atoms. The van der Waals surface area contributed by atoms with Gasteiger partial charge in [-0.25, -0.2) is 5.11 Å². The summed E-state index contributed by atoms with van der Waals surface area (Å²) in [6, 6.07) is 0.870. The normalized spacial score (nSPS) is 40.9. The molecular weight excluding hydrogens is 174 g/mol. The first-order valence-electron chi connectivity index (χ1n) is 6.24. The molecule has 3 aliphatic rings. The Hall–Kier alpha value is -0.0800. The van der Waals surface area contributed by atoms with Crippen LogP contribution in [0, 0.1) is 11.8 Å². The molecule has 2 aliphatic carbocycles. The molecule has 0 aromatic rings. The quantitative estimate of drug-likeness (QED) is 0.660. The van der Waals surface area contributed by atoms with Crippen molar-refractivity contribution >= 4 is 0 Å². The lowest BCUT2D eigenvalue weighted by Crippen LogP contribution is -2.51. The highest BCUT2D eigenvalue weighted by Crippen LogP contribution is 2.49. The lowest BCUT2D eigenvalue weighted by Gasteiger charge is -2.46. The fraction of sp³-hybridized carbons (Fsp3) is 1.00. The molecule has 0 amide bonds. The Bertz CT molecular complexity index is 206. The molecule has 2 saturated carbocycles. The van der Waals surface area contributed by atoms with E-state index in [1.165, 1.54) is 25.7 Å². The number of rotatable bonds is 2. The molecule has 0 spiro atoms. The molecule has 2 unspecified atom stereocenters. The zero-order valence-electron chi connectivity index (χ0n) is 8.82. The van der Waals surface area contributed by atoms with Crippen molar-refractivity contribution in [2.24, 2.45) is 11.8 Å². The SMILES string of the molecule is [O]C1CCN(C2CCC2C2CC2)CC1. The van der Waals surface area contributed by atoms with Crippen LogP contribution in [0.4, 0.5) is 0 Å². The summed E-state index contributed by atoms with van der Waals surface area (Å²) in [5, 5.41) is 11.2. The summed E-state index contributed by atoms with van der Waals surface area (Å²) in [5.41, 5.74) is 0. The predicted molar refractivity (Wildman–Crippen MR) is 54.5 cm³/mol. The zero-order valence-corrected chi connectivity index (χ0v) is 8.82. The van der Waals surface area contributed by atoms with E-state index in [4.69, 9.17) is 0 Å². The van der Waals surface area contributed by atoms with Gasteiger partial charge in [0, 0.05) is 19.1 Å². The molecule has 2 atom stereocenters. The van der Waals surface area contributed by atoms with Gasteiger partial charge in [0.25, 0.3) is 0 Å². The Morgan fingerprint density at radius 1 is 0.857 bits per heavy atom. The minimum atomic E-state index is -0.259. The molecule has 0 aromatic heterocycles. The second-order valence-corrected chi connectivity index (χ2v) is 5.38. The van der Waals surface area contributed by atoms with Gasteiger partial charge in [-0.15, -0.1) is 0 Å². The highest BCUT2D eigenvalue weighted by molar-refractivity contribution is 4.97. The number of piperidine rings is 1. The second-order valence-electron chi connectivity index (χ2n) is 5.38. The van der Waals surface area contributed by atoms with Crippen LogP contribution in [0.15, 0.2) is 0 Å². The molecule has 2 nitrogen and oxygen atoms in total. The average molecular weight is 194 g/mol. The molecule has 2 heteroatoms. The van der Waals surface area contributed by atoms with Crippen LogP contribution >= 0.6 is 0 Å². The molecule has 3 fully saturated rings. The van der Waals surface area contributed by atoms with Gasteiger partial charge in [0.05, 0.1) is 6.10 Å². The van der Waals surface area contributed by atoms with E-state index in [2.05, 4.69) is 4.90 Å². The Kier molecular flexibility index (Phi) is 2.29. The maximum Gasteiger partial charge on any atom is 0.0954 e. The van der Waals surface area contributed by atoms with E-state index in [1.807, 2.05) is 0 Å². The summed E-state index contributed by atoms with van der Waals surface area (Å²) in [7, 11) is 0. The van der Waals surface area contributed by atoms with E-state index in [9.17, 15) is 5.11 Å². The smallest absolute Gasteiger partial charge is 0.0954 e. The maximum atomic E-state index is 11.2. The Labute approximate surface area is 86.3 Å². The van der Waals surface area contributed by atoms with Gasteiger partial charge in [0.1, 0.15) is 0 Å². The van der Waals surface area contributed by atoms with Crippen LogP contribution in [0.1, 0.15) is 38.5 Å². The average Bonchev–Trinajstić information content (AvgIpc) is 2.91. The molecule has 1 heterocycles. The zero-order chi connectivity index (χ0) is 9.54. The molecule has 1 saturated heterocycles. The van der Waals surface area contributed by atoms with Gasteiger partial charge in [-0.2, -0.15) is 0 Å². The van der Waals surface area contributed by atoms with Crippen molar-refractivity contribution in [1.29, 1.82) is 0 Å². The predicted octanol–water partition coefficient (Wildman–Crippen LogP) is 2.07. The first-order chi connectivity index (χ1) is 6.84. The van der Waals surface area contributed by atoms with E-state index in [-0.39, 0.29) is 6.10 Å². The highest BCUT2D eigenvalue weighted by Gasteiger charge is 2.44. The van der Waals surface area contributed by atoms with Gasteiger partial charge in [0.15, 0.2) is 0 Å². The monoisotopic (exact) mass is 194 g/mol. The van der Waals surface area contributed by atoms with Gasteiger partial charge in [-0.05, 0) is 50.4 Å². The maximum absolute atomic E-state index is 11.2. The fourth-order valence-electron chi connectivity index (χ4n) is 3.24. The van der Waals surface area contributed by atoms with Crippen LogP contribution in [-0.4, -0.2) is 30.1 Å². The van der Waals surface area contributed by atoms with Crippen LogP contribution in [0.3, 0.4) is 0 Å². The summed E-state index contributed by atoms with van der Waals surface area (Å²) < 4.78 is 0. The lowest BCUT2D eigenvalue weighted by molar-refractivity contribution is -0.0216. The molecule has 0 N–H and O–H groups in total. The summed E-state index contributed by atoms with van der Waals surface area (Å²) in [4.78, 5) is 2.61. The molecule has 1 radical (unpaired) electrons. The van der Waals surface area contributed by atoms with Crippen molar-refractivity contribution in [3.8, 4) is 0 Å². The second kappa shape index (κ2) is 3.49. The number of hydrogen-bond donors (Lipinski definition) is 0. The Morgan fingerprint density at radius 2 is 1.57 bits per heavy atom. The first-order valence-corrected chi connectivity index (χ1v) is 6.24. The summed E-state index contributed by atoms with van der Waals surface area (Å²) in [6.45, 7) is 2.17. The topological polar surface area (TPSA) is 23.1 Å². The molecule has 1 aliphatic heterocycles. The van der Waals surface area contributed by atoms with Crippen molar-refractivity contribution in [1.82, 2.24) is 4.90 Å². The minimum absolute atomic E-state index is 0.259. The van der Waals surface area contributed by atoms with Gasteiger partial charge in [-0.1, -0.05) is 0 Å². The van der Waals surface area contributed by atoms with Crippen LogP contribution in [0.5, 0.6) is 0 Å². The Morgan fingerprint density at radius 3 is 2.07 bits per heavy atom. The molecule has 79 valence electrons. The van der Waals surface area contributed by atoms with Crippen molar-refractivity contribution in [2.75, 3.05) is 13.1 Å². The standard InChI is InChI=1S/C12H20NO/c14-10-5-7-13(8-6-10)12-4-3-11(12)9-1-2-9/h9-12H,1-8H2. The fourth-order valence-corrected chi connectivity index (χ4v) is 3.24. The minimum Gasteiger partial charge on any atom is -0.300 e. The molecular formula is C12H20NO. The third kappa shape index (κ3) is 1.59. The van der Waals surface area contributed by atoms with Gasteiger partial charge in [-0.3, -0.25) is 4.90 Å². The summed E-state index contributed by atoms with van der Waals surface area (Å²) >= 11 is 0. The number of hydrogen-bond acceptors (Lipinski definition) is 1.